The first-order valence-electron chi connectivity index (χ1n) is 8.61. The van der Waals surface area contributed by atoms with Gasteiger partial charge in [0.25, 0.3) is 0 Å². The van der Waals surface area contributed by atoms with E-state index in [9.17, 15) is 18.3 Å². The smallest absolute Gasteiger partial charge is 0.191 e. The van der Waals surface area contributed by atoms with Crippen molar-refractivity contribution in [2.24, 2.45) is 4.99 Å². The normalized spacial score (nSPS) is 17.3. The van der Waals surface area contributed by atoms with Crippen molar-refractivity contribution in [3.63, 3.8) is 0 Å². The monoisotopic (exact) mass is 378 g/mol. The van der Waals surface area contributed by atoms with Gasteiger partial charge in [0, 0.05) is 38.8 Å². The molecule has 1 unspecified atom stereocenters. The molecule has 1 saturated heterocycles. The zero-order valence-electron chi connectivity index (χ0n) is 14.8. The molecule has 0 saturated carbocycles. The number of rotatable bonds is 4. The summed E-state index contributed by atoms with van der Waals surface area (Å²) in [7, 11) is 1.62. The lowest BCUT2D eigenvalue weighted by molar-refractivity contribution is 0.431. The van der Waals surface area contributed by atoms with E-state index >= 15 is 0 Å². The molecule has 2 aromatic rings. The lowest BCUT2D eigenvalue weighted by Crippen LogP contribution is -2.44. The second-order valence-electron chi connectivity index (χ2n) is 6.38. The quantitative estimate of drug-likeness (QED) is 0.566. The Hall–Kier alpha value is -2.90. The number of nitrogens with one attached hydrogen (secondary N) is 2. The van der Waals surface area contributed by atoms with Gasteiger partial charge in [-0.3, -0.25) is 4.99 Å². The van der Waals surface area contributed by atoms with Crippen LogP contribution in [0.3, 0.4) is 0 Å². The summed E-state index contributed by atoms with van der Waals surface area (Å²) in [5.74, 6) is -1.70. The number of benzene rings is 2. The van der Waals surface area contributed by atoms with Crippen LogP contribution in [0.5, 0.6) is 5.75 Å². The summed E-state index contributed by atoms with van der Waals surface area (Å²) in [4.78, 5) is 6.00. The molecular formula is C19H21F3N4O. The number of hydrogen-bond acceptors (Lipinski definition) is 3. The van der Waals surface area contributed by atoms with E-state index in [4.69, 9.17) is 0 Å². The van der Waals surface area contributed by atoms with Crippen LogP contribution < -0.4 is 15.5 Å². The van der Waals surface area contributed by atoms with Crippen molar-refractivity contribution < 1.29 is 18.3 Å². The molecule has 0 aromatic heterocycles. The number of aromatic hydroxyl groups is 1. The Morgan fingerprint density at radius 3 is 2.70 bits per heavy atom. The molecule has 1 heterocycles. The van der Waals surface area contributed by atoms with Gasteiger partial charge in [0.15, 0.2) is 17.5 Å². The van der Waals surface area contributed by atoms with Crippen molar-refractivity contribution in [2.75, 3.05) is 25.0 Å². The molecule has 0 radical (unpaired) electrons. The van der Waals surface area contributed by atoms with Crippen LogP contribution in [0.4, 0.5) is 18.9 Å². The highest BCUT2D eigenvalue weighted by molar-refractivity contribution is 5.80. The third kappa shape index (κ3) is 4.64. The highest BCUT2D eigenvalue weighted by atomic mass is 19.1. The zero-order chi connectivity index (χ0) is 19.4. The van der Waals surface area contributed by atoms with Gasteiger partial charge in [-0.05, 0) is 36.2 Å². The molecule has 0 aliphatic carbocycles. The van der Waals surface area contributed by atoms with Gasteiger partial charge in [-0.1, -0.05) is 6.07 Å². The molecule has 2 aromatic carbocycles. The van der Waals surface area contributed by atoms with E-state index in [1.165, 1.54) is 24.3 Å². The number of phenolic OH excluding ortho intramolecular Hbond substituents is 1. The van der Waals surface area contributed by atoms with Crippen LogP contribution in [0.15, 0.2) is 41.4 Å². The van der Waals surface area contributed by atoms with Crippen molar-refractivity contribution in [2.45, 2.75) is 19.0 Å². The molecular weight excluding hydrogens is 357 g/mol. The summed E-state index contributed by atoms with van der Waals surface area (Å²) < 4.78 is 40.4. The number of aliphatic imine (C=N–C) groups is 1. The summed E-state index contributed by atoms with van der Waals surface area (Å²) >= 11 is 0. The Morgan fingerprint density at radius 2 is 2.00 bits per heavy atom. The van der Waals surface area contributed by atoms with Crippen LogP contribution in [0.25, 0.3) is 0 Å². The first kappa shape index (κ1) is 18.9. The van der Waals surface area contributed by atoms with Crippen molar-refractivity contribution in [3.8, 4) is 5.75 Å². The fourth-order valence-electron chi connectivity index (χ4n) is 3.07. The highest BCUT2D eigenvalue weighted by Gasteiger charge is 2.25. The number of hydrogen-bond donors (Lipinski definition) is 3. The fraction of sp³-hybridized carbons (Fsp3) is 0.316. The lowest BCUT2D eigenvalue weighted by atomic mass is 10.2. The van der Waals surface area contributed by atoms with E-state index in [-0.39, 0.29) is 11.8 Å². The molecule has 1 atom stereocenters. The molecule has 0 amide bonds. The van der Waals surface area contributed by atoms with E-state index in [1.54, 1.807) is 13.1 Å². The molecule has 0 spiro atoms. The van der Waals surface area contributed by atoms with Gasteiger partial charge in [0.1, 0.15) is 11.6 Å². The van der Waals surface area contributed by atoms with Crippen LogP contribution in [0.1, 0.15) is 12.0 Å². The molecule has 144 valence electrons. The number of halogens is 3. The third-order valence-corrected chi connectivity index (χ3v) is 4.48. The number of phenols is 1. The second-order valence-corrected chi connectivity index (χ2v) is 6.38. The Morgan fingerprint density at radius 1 is 1.19 bits per heavy atom. The van der Waals surface area contributed by atoms with Gasteiger partial charge in [-0.2, -0.15) is 0 Å². The number of anilines is 1. The minimum atomic E-state index is -0.676. The van der Waals surface area contributed by atoms with E-state index in [2.05, 4.69) is 15.6 Å². The van der Waals surface area contributed by atoms with E-state index in [0.717, 1.165) is 12.5 Å². The highest BCUT2D eigenvalue weighted by Crippen LogP contribution is 2.24. The van der Waals surface area contributed by atoms with E-state index in [1.807, 2.05) is 4.90 Å². The molecule has 3 rings (SSSR count). The Labute approximate surface area is 155 Å². The average molecular weight is 378 g/mol. The van der Waals surface area contributed by atoms with Crippen LogP contribution in [0, 0.1) is 17.5 Å². The molecule has 1 aliphatic heterocycles. The molecule has 3 N–H and O–H groups in total. The third-order valence-electron chi connectivity index (χ3n) is 4.48. The van der Waals surface area contributed by atoms with Gasteiger partial charge in [0.05, 0.1) is 5.69 Å². The summed E-state index contributed by atoms with van der Waals surface area (Å²) in [5.41, 5.74) is 1.04. The van der Waals surface area contributed by atoms with Gasteiger partial charge in [-0.25, -0.2) is 13.2 Å². The van der Waals surface area contributed by atoms with Gasteiger partial charge in [-0.15, -0.1) is 0 Å². The molecule has 5 nitrogen and oxygen atoms in total. The Bertz CT molecular complexity index is 844. The maximum atomic E-state index is 13.9. The molecule has 0 bridgehead atoms. The average Bonchev–Trinajstić information content (AvgIpc) is 3.09. The second kappa shape index (κ2) is 8.20. The van der Waals surface area contributed by atoms with Crippen molar-refractivity contribution in [3.05, 3.63) is 59.4 Å². The first-order valence-corrected chi connectivity index (χ1v) is 8.61. The Balaban J connectivity index is 1.55. The summed E-state index contributed by atoms with van der Waals surface area (Å²) in [6.07, 6.45) is 0.769. The molecule has 27 heavy (non-hydrogen) atoms. The van der Waals surface area contributed by atoms with Crippen LogP contribution in [-0.2, 0) is 6.54 Å². The standard InChI is InChI=1S/C19H21F3N4O/c1-23-19(24-10-12-2-5-18(27)16(22)8-12)25-14-6-7-26(11-14)17-4-3-13(20)9-15(17)21/h2-5,8-9,14,27H,6-7,10-11H2,1H3,(H2,23,24,25). The minimum absolute atomic E-state index is 0.0391. The van der Waals surface area contributed by atoms with Gasteiger partial charge >= 0.3 is 0 Å². The summed E-state index contributed by atoms with van der Waals surface area (Å²) in [5, 5.41) is 15.6. The zero-order valence-corrected chi connectivity index (χ0v) is 14.8. The predicted molar refractivity (Wildman–Crippen MR) is 98.4 cm³/mol. The van der Waals surface area contributed by atoms with Crippen LogP contribution >= 0.6 is 0 Å². The molecule has 1 fully saturated rings. The maximum Gasteiger partial charge on any atom is 0.191 e. The SMILES string of the molecule is CN=C(NCc1ccc(O)c(F)c1)NC1CCN(c2ccc(F)cc2F)C1. The molecule has 1 aliphatic rings. The Kier molecular flexibility index (Phi) is 5.73. The topological polar surface area (TPSA) is 59.9 Å². The van der Waals surface area contributed by atoms with Crippen molar-refractivity contribution in [1.29, 1.82) is 0 Å². The minimum Gasteiger partial charge on any atom is -0.505 e. The fourth-order valence-corrected chi connectivity index (χ4v) is 3.07. The molecule has 8 heteroatoms. The lowest BCUT2D eigenvalue weighted by Gasteiger charge is -2.21. The van der Waals surface area contributed by atoms with Gasteiger partial charge < -0.3 is 20.6 Å². The predicted octanol–water partition coefficient (Wildman–Crippen LogP) is 2.75. The van der Waals surface area contributed by atoms with E-state index in [0.29, 0.717) is 36.8 Å². The van der Waals surface area contributed by atoms with E-state index < -0.39 is 17.5 Å². The summed E-state index contributed by atoms with van der Waals surface area (Å²) in [6, 6.07) is 7.78. The number of nitrogens with zero attached hydrogens (tertiary/aromatic N) is 2. The first-order chi connectivity index (χ1) is 13.0. The van der Waals surface area contributed by atoms with Crippen molar-refractivity contribution >= 4 is 11.6 Å². The van der Waals surface area contributed by atoms with Gasteiger partial charge in [0.2, 0.25) is 0 Å². The van der Waals surface area contributed by atoms with Crippen molar-refractivity contribution in [1.82, 2.24) is 10.6 Å². The van der Waals surface area contributed by atoms with Crippen LogP contribution in [0.2, 0.25) is 0 Å². The van der Waals surface area contributed by atoms with Crippen LogP contribution in [-0.4, -0.2) is 37.2 Å². The summed E-state index contributed by atoms with van der Waals surface area (Å²) in [6.45, 7) is 1.53. The largest absolute Gasteiger partial charge is 0.505 e. The number of guanidine groups is 1. The maximum absolute atomic E-state index is 13.9.